The van der Waals surface area contributed by atoms with Gasteiger partial charge in [0.2, 0.25) is 0 Å². The van der Waals surface area contributed by atoms with Crippen LogP contribution in [0, 0.1) is 0 Å². The lowest BCUT2D eigenvalue weighted by atomic mass is 10.00. The quantitative estimate of drug-likeness (QED) is 0.860. The highest BCUT2D eigenvalue weighted by Gasteiger charge is 2.34. The molecule has 0 saturated carbocycles. The van der Waals surface area contributed by atoms with E-state index in [9.17, 15) is 0 Å². The molecular weight excluding hydrogens is 212 g/mol. The molecule has 0 bridgehead atoms. The highest BCUT2D eigenvalue weighted by molar-refractivity contribution is 5.60. The highest BCUT2D eigenvalue weighted by atomic mass is 16.5. The van der Waals surface area contributed by atoms with Crippen molar-refractivity contribution in [3.05, 3.63) is 23.8 Å². The molecule has 3 rings (SSSR count). The first kappa shape index (κ1) is 10.9. The van der Waals surface area contributed by atoms with E-state index < -0.39 is 0 Å². The fraction of sp³-hybridized carbons (Fsp3) is 0.571. The summed E-state index contributed by atoms with van der Waals surface area (Å²) < 4.78 is 6.05. The Hall–Kier alpha value is -1.22. The zero-order valence-corrected chi connectivity index (χ0v) is 10.6. The van der Waals surface area contributed by atoms with Gasteiger partial charge in [-0.1, -0.05) is 0 Å². The van der Waals surface area contributed by atoms with E-state index in [0.29, 0.717) is 0 Å². The molecule has 1 saturated heterocycles. The number of rotatable bonds is 3. The molecule has 1 aromatic carbocycles. The topological polar surface area (TPSA) is 24.5 Å². The number of ether oxygens (including phenoxy) is 1. The maximum absolute atomic E-state index is 6.05. The summed E-state index contributed by atoms with van der Waals surface area (Å²) in [6.45, 7) is 8.51. The summed E-state index contributed by atoms with van der Waals surface area (Å²) in [4.78, 5) is 2.42. The second-order valence-corrected chi connectivity index (χ2v) is 5.28. The maximum atomic E-state index is 6.05. The molecule has 0 aromatic heterocycles. The summed E-state index contributed by atoms with van der Waals surface area (Å²) >= 11 is 0. The Kier molecular flexibility index (Phi) is 2.51. The largest absolute Gasteiger partial charge is 0.485 e. The summed E-state index contributed by atoms with van der Waals surface area (Å²) in [5, 5.41) is 3.26. The molecule has 0 radical (unpaired) electrons. The normalized spacial score (nSPS) is 20.9. The summed E-state index contributed by atoms with van der Waals surface area (Å²) in [6, 6.07) is 6.53. The van der Waals surface area contributed by atoms with Gasteiger partial charge in [-0.15, -0.1) is 0 Å². The van der Waals surface area contributed by atoms with Gasteiger partial charge in [-0.3, -0.25) is 0 Å². The zero-order chi connectivity index (χ0) is 11.9. The number of likely N-dealkylation sites (N-methyl/N-ethyl adjacent to an activating group) is 1. The first-order chi connectivity index (χ1) is 8.20. The number of nitrogens with one attached hydrogen (secondary N) is 1. The van der Waals surface area contributed by atoms with Crippen LogP contribution < -0.4 is 15.0 Å². The third kappa shape index (κ3) is 1.89. The van der Waals surface area contributed by atoms with Crippen molar-refractivity contribution in [3.63, 3.8) is 0 Å². The first-order valence-electron chi connectivity index (χ1n) is 6.48. The van der Waals surface area contributed by atoms with Crippen molar-refractivity contribution in [1.29, 1.82) is 0 Å². The number of benzene rings is 1. The van der Waals surface area contributed by atoms with Gasteiger partial charge in [-0.05, 0) is 44.0 Å². The molecule has 1 aromatic rings. The van der Waals surface area contributed by atoms with E-state index in [1.807, 2.05) is 0 Å². The number of hydrogen-bond donors (Lipinski definition) is 1. The Bertz CT molecular complexity index is 426. The number of hydrogen-bond acceptors (Lipinski definition) is 3. The van der Waals surface area contributed by atoms with Crippen LogP contribution in [-0.4, -0.2) is 31.8 Å². The third-order valence-corrected chi connectivity index (χ3v) is 3.79. The van der Waals surface area contributed by atoms with Crippen molar-refractivity contribution in [2.24, 2.45) is 0 Å². The average Bonchev–Trinajstić information content (AvgIpc) is 2.69. The fourth-order valence-electron chi connectivity index (χ4n) is 2.67. The van der Waals surface area contributed by atoms with Gasteiger partial charge in [0.1, 0.15) is 11.4 Å². The molecule has 2 heterocycles. The van der Waals surface area contributed by atoms with Crippen LogP contribution in [0.4, 0.5) is 5.69 Å². The van der Waals surface area contributed by atoms with Crippen LogP contribution in [0.3, 0.4) is 0 Å². The van der Waals surface area contributed by atoms with Gasteiger partial charge in [0.15, 0.2) is 0 Å². The van der Waals surface area contributed by atoms with Crippen molar-refractivity contribution in [2.45, 2.75) is 25.9 Å². The van der Waals surface area contributed by atoms with Gasteiger partial charge in [-0.25, -0.2) is 0 Å². The van der Waals surface area contributed by atoms with Gasteiger partial charge in [0, 0.05) is 31.9 Å². The van der Waals surface area contributed by atoms with Gasteiger partial charge in [0.05, 0.1) is 0 Å². The van der Waals surface area contributed by atoms with Crippen molar-refractivity contribution in [1.82, 2.24) is 5.32 Å². The van der Waals surface area contributed by atoms with Gasteiger partial charge >= 0.3 is 0 Å². The monoisotopic (exact) mass is 232 g/mol. The van der Waals surface area contributed by atoms with Crippen LogP contribution >= 0.6 is 0 Å². The predicted molar refractivity (Wildman–Crippen MR) is 69.9 cm³/mol. The van der Waals surface area contributed by atoms with Gasteiger partial charge in [-0.2, -0.15) is 0 Å². The van der Waals surface area contributed by atoms with E-state index in [4.69, 9.17) is 4.74 Å². The minimum Gasteiger partial charge on any atom is -0.485 e. The number of nitrogens with zero attached hydrogens (tertiary/aromatic N) is 1. The van der Waals surface area contributed by atoms with Crippen molar-refractivity contribution >= 4 is 5.69 Å². The van der Waals surface area contributed by atoms with E-state index in [1.54, 1.807) is 0 Å². The zero-order valence-electron chi connectivity index (χ0n) is 10.6. The SMILES string of the molecule is CCN1CCc2cc(OC3(C)CNC3)ccc21. The van der Waals surface area contributed by atoms with Crippen LogP contribution in [0.2, 0.25) is 0 Å². The van der Waals surface area contributed by atoms with Crippen molar-refractivity contribution in [2.75, 3.05) is 31.1 Å². The lowest BCUT2D eigenvalue weighted by Crippen LogP contribution is -2.61. The molecule has 1 fully saturated rings. The van der Waals surface area contributed by atoms with Crippen LogP contribution in [-0.2, 0) is 6.42 Å². The minimum atomic E-state index is -0.00269. The van der Waals surface area contributed by atoms with Gasteiger partial charge < -0.3 is 15.0 Å². The summed E-state index contributed by atoms with van der Waals surface area (Å²) in [5.74, 6) is 1.02. The molecular formula is C14H20N2O. The Balaban J connectivity index is 1.80. The lowest BCUT2D eigenvalue weighted by Gasteiger charge is -2.39. The fourth-order valence-corrected chi connectivity index (χ4v) is 2.67. The van der Waals surface area contributed by atoms with Crippen LogP contribution in [0.15, 0.2) is 18.2 Å². The van der Waals surface area contributed by atoms with E-state index in [0.717, 1.165) is 38.3 Å². The van der Waals surface area contributed by atoms with Crippen LogP contribution in [0.1, 0.15) is 19.4 Å². The first-order valence-corrected chi connectivity index (χ1v) is 6.48. The third-order valence-electron chi connectivity index (χ3n) is 3.79. The highest BCUT2D eigenvalue weighted by Crippen LogP contribution is 2.32. The van der Waals surface area contributed by atoms with E-state index in [-0.39, 0.29) is 5.60 Å². The standard InChI is InChI=1S/C14H20N2O/c1-3-16-7-6-11-8-12(4-5-13(11)16)17-14(2)9-15-10-14/h4-5,8,15H,3,6-7,9-10H2,1-2H3. The average molecular weight is 232 g/mol. The second-order valence-electron chi connectivity index (χ2n) is 5.28. The molecule has 3 heteroatoms. The Morgan fingerprint density at radius 2 is 2.24 bits per heavy atom. The van der Waals surface area contributed by atoms with Crippen LogP contribution in [0.25, 0.3) is 0 Å². The summed E-state index contributed by atoms with van der Waals surface area (Å²) in [5.41, 5.74) is 2.81. The molecule has 0 atom stereocenters. The van der Waals surface area contributed by atoms with E-state index in [2.05, 4.69) is 42.3 Å². The lowest BCUT2D eigenvalue weighted by molar-refractivity contribution is 0.0348. The minimum absolute atomic E-state index is 0.00269. The Morgan fingerprint density at radius 1 is 1.41 bits per heavy atom. The molecule has 17 heavy (non-hydrogen) atoms. The number of anilines is 1. The van der Waals surface area contributed by atoms with E-state index >= 15 is 0 Å². The maximum Gasteiger partial charge on any atom is 0.131 e. The molecule has 2 aliphatic heterocycles. The van der Waals surface area contributed by atoms with Crippen molar-refractivity contribution < 1.29 is 4.74 Å². The Morgan fingerprint density at radius 3 is 2.88 bits per heavy atom. The smallest absolute Gasteiger partial charge is 0.131 e. The summed E-state index contributed by atoms with van der Waals surface area (Å²) in [7, 11) is 0. The molecule has 0 unspecified atom stereocenters. The van der Waals surface area contributed by atoms with Crippen LogP contribution in [0.5, 0.6) is 5.75 Å². The molecule has 2 aliphatic rings. The van der Waals surface area contributed by atoms with E-state index in [1.165, 1.54) is 11.3 Å². The number of fused-ring (bicyclic) bond motifs is 1. The Labute approximate surface area is 103 Å². The molecule has 0 spiro atoms. The molecule has 1 N–H and O–H groups in total. The van der Waals surface area contributed by atoms with Gasteiger partial charge in [0.25, 0.3) is 0 Å². The summed E-state index contributed by atoms with van der Waals surface area (Å²) in [6.07, 6.45) is 1.15. The second kappa shape index (κ2) is 3.91. The molecule has 3 nitrogen and oxygen atoms in total. The van der Waals surface area contributed by atoms with Crippen molar-refractivity contribution in [3.8, 4) is 5.75 Å². The molecule has 0 aliphatic carbocycles. The molecule has 92 valence electrons. The predicted octanol–water partition coefficient (Wildman–Crippen LogP) is 1.81. The molecule has 0 amide bonds.